The summed E-state index contributed by atoms with van der Waals surface area (Å²) in [5, 5.41) is 3.92. The van der Waals surface area contributed by atoms with Crippen LogP contribution in [0.1, 0.15) is 23.2 Å². The molecule has 0 heterocycles. The number of carbonyl (C=O) groups excluding carboxylic acids is 1. The van der Waals surface area contributed by atoms with Crippen molar-refractivity contribution < 1.29 is 13.9 Å². The van der Waals surface area contributed by atoms with Crippen LogP contribution in [0.25, 0.3) is 10.8 Å². The molecule has 1 aliphatic rings. The first kappa shape index (κ1) is 14.0. The van der Waals surface area contributed by atoms with Crippen LogP contribution in [0.4, 0.5) is 4.39 Å². The first-order chi connectivity index (χ1) is 10.3. The molecule has 3 rings (SSSR count). The number of fused-ring (bicyclic) bond motifs is 1. The van der Waals surface area contributed by atoms with E-state index in [4.69, 9.17) is 4.74 Å². The summed E-state index contributed by atoms with van der Waals surface area (Å²) >= 11 is 0. The SMILES string of the molecule is O=C(NCCOCC1CC1)c1ccc(F)c2ccccc12. The van der Waals surface area contributed by atoms with Gasteiger partial charge in [0.2, 0.25) is 0 Å². The quantitative estimate of drug-likeness (QED) is 0.829. The lowest BCUT2D eigenvalue weighted by Crippen LogP contribution is -2.27. The topological polar surface area (TPSA) is 38.3 Å². The summed E-state index contributed by atoms with van der Waals surface area (Å²) in [5.74, 6) is 0.220. The van der Waals surface area contributed by atoms with E-state index in [0.29, 0.717) is 29.5 Å². The maximum absolute atomic E-state index is 13.7. The van der Waals surface area contributed by atoms with Crippen molar-refractivity contribution in [3.8, 4) is 0 Å². The molecule has 21 heavy (non-hydrogen) atoms. The lowest BCUT2D eigenvalue weighted by Gasteiger charge is -2.09. The van der Waals surface area contributed by atoms with Gasteiger partial charge in [-0.1, -0.05) is 24.3 Å². The molecule has 0 unspecified atom stereocenters. The molecule has 0 atom stereocenters. The lowest BCUT2D eigenvalue weighted by atomic mass is 10.0. The van der Waals surface area contributed by atoms with E-state index in [2.05, 4.69) is 5.32 Å². The largest absolute Gasteiger partial charge is 0.379 e. The molecule has 110 valence electrons. The highest BCUT2D eigenvalue weighted by molar-refractivity contribution is 6.07. The van der Waals surface area contributed by atoms with Crippen molar-refractivity contribution in [2.45, 2.75) is 12.8 Å². The molecule has 0 saturated heterocycles. The summed E-state index contributed by atoms with van der Waals surface area (Å²) in [6.45, 7) is 1.77. The smallest absolute Gasteiger partial charge is 0.251 e. The maximum Gasteiger partial charge on any atom is 0.251 e. The van der Waals surface area contributed by atoms with Gasteiger partial charge in [-0.2, -0.15) is 0 Å². The number of nitrogens with one attached hydrogen (secondary N) is 1. The zero-order valence-electron chi connectivity index (χ0n) is 11.8. The molecule has 2 aromatic carbocycles. The minimum Gasteiger partial charge on any atom is -0.379 e. The van der Waals surface area contributed by atoms with Crippen LogP contribution in [0.15, 0.2) is 36.4 Å². The van der Waals surface area contributed by atoms with Crippen molar-refractivity contribution in [1.82, 2.24) is 5.32 Å². The van der Waals surface area contributed by atoms with E-state index < -0.39 is 0 Å². The molecular formula is C17H18FNO2. The Hall–Kier alpha value is -1.94. The van der Waals surface area contributed by atoms with E-state index >= 15 is 0 Å². The molecule has 0 aliphatic heterocycles. The van der Waals surface area contributed by atoms with Crippen LogP contribution < -0.4 is 5.32 Å². The average Bonchev–Trinajstić information content (AvgIpc) is 3.31. The fourth-order valence-electron chi connectivity index (χ4n) is 2.33. The number of benzene rings is 2. The summed E-state index contributed by atoms with van der Waals surface area (Å²) < 4.78 is 19.2. The summed E-state index contributed by atoms with van der Waals surface area (Å²) in [5.41, 5.74) is 0.495. The van der Waals surface area contributed by atoms with Crippen LogP contribution in [0, 0.1) is 11.7 Å². The fraction of sp³-hybridized carbons (Fsp3) is 0.353. The second kappa shape index (κ2) is 6.22. The van der Waals surface area contributed by atoms with E-state index in [0.717, 1.165) is 12.5 Å². The summed E-state index contributed by atoms with van der Waals surface area (Å²) in [4.78, 5) is 12.2. The number of halogens is 1. The summed E-state index contributed by atoms with van der Waals surface area (Å²) in [6, 6.07) is 9.87. The van der Waals surface area contributed by atoms with E-state index in [9.17, 15) is 9.18 Å². The Morgan fingerprint density at radius 1 is 1.19 bits per heavy atom. The molecular weight excluding hydrogens is 269 g/mol. The van der Waals surface area contributed by atoms with E-state index in [1.807, 2.05) is 0 Å². The summed E-state index contributed by atoms with van der Waals surface area (Å²) in [6.07, 6.45) is 2.52. The zero-order valence-corrected chi connectivity index (χ0v) is 11.8. The molecule has 0 spiro atoms. The third kappa shape index (κ3) is 3.39. The molecule has 1 aliphatic carbocycles. The van der Waals surface area contributed by atoms with Crippen molar-refractivity contribution >= 4 is 16.7 Å². The third-order valence-corrected chi connectivity index (χ3v) is 3.70. The second-order valence-electron chi connectivity index (χ2n) is 5.41. The Balaban J connectivity index is 1.62. The van der Waals surface area contributed by atoms with E-state index in [1.54, 1.807) is 24.3 Å². The van der Waals surface area contributed by atoms with Crippen molar-refractivity contribution in [3.63, 3.8) is 0 Å². The van der Waals surface area contributed by atoms with Crippen LogP contribution in [0.5, 0.6) is 0 Å². The van der Waals surface area contributed by atoms with Gasteiger partial charge in [-0.3, -0.25) is 4.79 Å². The number of carbonyl (C=O) groups is 1. The van der Waals surface area contributed by atoms with Gasteiger partial charge in [0, 0.05) is 24.1 Å². The number of rotatable bonds is 6. The Morgan fingerprint density at radius 2 is 1.95 bits per heavy atom. The van der Waals surface area contributed by atoms with Gasteiger partial charge in [0.15, 0.2) is 0 Å². The molecule has 1 fully saturated rings. The normalized spacial score (nSPS) is 14.3. The minimum absolute atomic E-state index is 0.193. The Labute approximate surface area is 123 Å². The van der Waals surface area contributed by atoms with E-state index in [1.165, 1.54) is 25.0 Å². The third-order valence-electron chi connectivity index (χ3n) is 3.70. The molecule has 1 amide bonds. The Bertz CT molecular complexity index is 652. The molecule has 1 saturated carbocycles. The number of amides is 1. The first-order valence-electron chi connectivity index (χ1n) is 7.29. The molecule has 2 aromatic rings. The number of hydrogen-bond donors (Lipinski definition) is 1. The molecule has 1 N–H and O–H groups in total. The van der Waals surface area contributed by atoms with Gasteiger partial charge in [-0.05, 0) is 36.3 Å². The molecule has 0 bridgehead atoms. The van der Waals surface area contributed by atoms with Gasteiger partial charge in [0.05, 0.1) is 6.61 Å². The summed E-state index contributed by atoms with van der Waals surface area (Å²) in [7, 11) is 0. The van der Waals surface area contributed by atoms with Gasteiger partial charge in [-0.15, -0.1) is 0 Å². The van der Waals surface area contributed by atoms with Crippen LogP contribution in [0.2, 0.25) is 0 Å². The predicted octanol–water partition coefficient (Wildman–Crippen LogP) is 3.14. The van der Waals surface area contributed by atoms with Crippen LogP contribution >= 0.6 is 0 Å². The van der Waals surface area contributed by atoms with Crippen molar-refractivity contribution in [1.29, 1.82) is 0 Å². The average molecular weight is 287 g/mol. The maximum atomic E-state index is 13.7. The van der Waals surface area contributed by atoms with Crippen molar-refractivity contribution in [2.24, 2.45) is 5.92 Å². The monoisotopic (exact) mass is 287 g/mol. The Morgan fingerprint density at radius 3 is 2.71 bits per heavy atom. The molecule has 0 radical (unpaired) electrons. The molecule has 3 nitrogen and oxygen atoms in total. The highest BCUT2D eigenvalue weighted by Gasteiger charge is 2.21. The Kier molecular flexibility index (Phi) is 4.15. The second-order valence-corrected chi connectivity index (χ2v) is 5.41. The van der Waals surface area contributed by atoms with Crippen LogP contribution in [0.3, 0.4) is 0 Å². The highest BCUT2D eigenvalue weighted by Crippen LogP contribution is 2.28. The van der Waals surface area contributed by atoms with Gasteiger partial charge in [0.1, 0.15) is 5.82 Å². The number of hydrogen-bond acceptors (Lipinski definition) is 2. The van der Waals surface area contributed by atoms with Crippen LogP contribution in [-0.4, -0.2) is 25.7 Å². The van der Waals surface area contributed by atoms with Gasteiger partial charge in [-0.25, -0.2) is 4.39 Å². The van der Waals surface area contributed by atoms with E-state index in [-0.39, 0.29) is 11.7 Å². The van der Waals surface area contributed by atoms with Gasteiger partial charge in [0.25, 0.3) is 5.91 Å². The zero-order chi connectivity index (χ0) is 14.7. The van der Waals surface area contributed by atoms with Crippen LogP contribution in [-0.2, 0) is 4.74 Å². The highest BCUT2D eigenvalue weighted by atomic mass is 19.1. The standard InChI is InChI=1S/C17H18FNO2/c18-16-8-7-15(13-3-1-2-4-14(13)16)17(20)19-9-10-21-11-12-5-6-12/h1-4,7-8,12H,5-6,9-11H2,(H,19,20). The van der Waals surface area contributed by atoms with Crippen molar-refractivity contribution in [3.05, 3.63) is 47.8 Å². The lowest BCUT2D eigenvalue weighted by molar-refractivity contribution is 0.0908. The van der Waals surface area contributed by atoms with Crippen molar-refractivity contribution in [2.75, 3.05) is 19.8 Å². The predicted molar refractivity (Wildman–Crippen MR) is 79.8 cm³/mol. The molecule has 4 heteroatoms. The number of ether oxygens (including phenoxy) is 1. The van der Waals surface area contributed by atoms with Gasteiger partial charge >= 0.3 is 0 Å². The first-order valence-corrected chi connectivity index (χ1v) is 7.29. The van der Waals surface area contributed by atoms with Gasteiger partial charge < -0.3 is 10.1 Å². The minimum atomic E-state index is -0.310. The fourth-order valence-corrected chi connectivity index (χ4v) is 2.33. The molecule has 0 aromatic heterocycles.